The Bertz CT molecular complexity index is 396. The molecule has 106 valence electrons. The van der Waals surface area contributed by atoms with Crippen LogP contribution < -0.4 is 10.1 Å². The molecule has 19 heavy (non-hydrogen) atoms. The monoisotopic (exact) mass is 261 g/mol. The van der Waals surface area contributed by atoms with Crippen molar-refractivity contribution in [3.05, 3.63) is 24.3 Å². The van der Waals surface area contributed by atoms with Gasteiger partial charge in [-0.2, -0.15) is 0 Å². The Morgan fingerprint density at radius 1 is 1.26 bits per heavy atom. The minimum absolute atomic E-state index is 0.510. The molecule has 2 rings (SSSR count). The third-order valence-corrected chi connectivity index (χ3v) is 4.21. The molecule has 0 aromatic heterocycles. The average molecular weight is 261 g/mol. The van der Waals surface area contributed by atoms with Crippen LogP contribution in [0.1, 0.15) is 47.0 Å². The maximum absolute atomic E-state index is 5.47. The van der Waals surface area contributed by atoms with Crippen LogP contribution in [0, 0.1) is 11.3 Å². The SMILES string of the molecule is CCOc1ccc(NC2CCC(C)(C)CC2C)cc1. The summed E-state index contributed by atoms with van der Waals surface area (Å²) in [6.45, 7) is 9.87. The van der Waals surface area contributed by atoms with Crippen LogP contribution in [-0.4, -0.2) is 12.6 Å². The fraction of sp³-hybridized carbons (Fsp3) is 0.647. The maximum Gasteiger partial charge on any atom is 0.119 e. The molecule has 0 spiro atoms. The van der Waals surface area contributed by atoms with Gasteiger partial charge >= 0.3 is 0 Å². The van der Waals surface area contributed by atoms with Gasteiger partial charge in [0.1, 0.15) is 5.75 Å². The summed E-state index contributed by atoms with van der Waals surface area (Å²) in [6.07, 6.45) is 3.88. The van der Waals surface area contributed by atoms with Gasteiger partial charge in [0, 0.05) is 11.7 Å². The second-order valence-electron chi connectivity index (χ2n) is 6.59. The van der Waals surface area contributed by atoms with Crippen LogP contribution in [0.5, 0.6) is 5.75 Å². The zero-order valence-electron chi connectivity index (χ0n) is 12.7. The number of hydrogen-bond donors (Lipinski definition) is 1. The van der Waals surface area contributed by atoms with E-state index in [2.05, 4.69) is 38.2 Å². The van der Waals surface area contributed by atoms with Crippen molar-refractivity contribution in [3.63, 3.8) is 0 Å². The number of nitrogens with one attached hydrogen (secondary N) is 1. The second-order valence-corrected chi connectivity index (χ2v) is 6.59. The lowest BCUT2D eigenvalue weighted by atomic mass is 9.70. The van der Waals surface area contributed by atoms with E-state index in [1.165, 1.54) is 24.9 Å². The highest BCUT2D eigenvalue weighted by molar-refractivity contribution is 5.47. The van der Waals surface area contributed by atoms with Gasteiger partial charge in [-0.25, -0.2) is 0 Å². The van der Waals surface area contributed by atoms with Gasteiger partial charge in [-0.05, 0) is 61.8 Å². The van der Waals surface area contributed by atoms with Crippen LogP contribution >= 0.6 is 0 Å². The molecule has 0 radical (unpaired) electrons. The average Bonchev–Trinajstić information content (AvgIpc) is 2.35. The largest absolute Gasteiger partial charge is 0.494 e. The van der Waals surface area contributed by atoms with Crippen molar-refractivity contribution in [2.24, 2.45) is 11.3 Å². The summed E-state index contributed by atoms with van der Waals surface area (Å²) in [5.41, 5.74) is 1.72. The lowest BCUT2D eigenvalue weighted by molar-refractivity contribution is 0.177. The summed E-state index contributed by atoms with van der Waals surface area (Å²) in [5.74, 6) is 1.68. The highest BCUT2D eigenvalue weighted by Crippen LogP contribution is 2.39. The van der Waals surface area contributed by atoms with Gasteiger partial charge in [0.05, 0.1) is 6.61 Å². The highest BCUT2D eigenvalue weighted by Gasteiger charge is 2.32. The summed E-state index contributed by atoms with van der Waals surface area (Å²) in [7, 11) is 0. The van der Waals surface area contributed by atoms with Crippen LogP contribution in [0.3, 0.4) is 0 Å². The van der Waals surface area contributed by atoms with E-state index in [-0.39, 0.29) is 0 Å². The van der Waals surface area contributed by atoms with E-state index >= 15 is 0 Å². The molecular weight excluding hydrogens is 234 g/mol. The molecule has 1 aromatic carbocycles. The number of rotatable bonds is 4. The zero-order chi connectivity index (χ0) is 13.9. The minimum Gasteiger partial charge on any atom is -0.494 e. The van der Waals surface area contributed by atoms with E-state index in [4.69, 9.17) is 4.74 Å². The van der Waals surface area contributed by atoms with Crippen LogP contribution in [0.25, 0.3) is 0 Å². The molecule has 2 heteroatoms. The van der Waals surface area contributed by atoms with Crippen LogP contribution in [0.2, 0.25) is 0 Å². The first-order valence-electron chi connectivity index (χ1n) is 7.49. The molecule has 2 nitrogen and oxygen atoms in total. The van der Waals surface area contributed by atoms with Gasteiger partial charge in [-0.3, -0.25) is 0 Å². The van der Waals surface area contributed by atoms with Crippen LogP contribution in [-0.2, 0) is 0 Å². The molecule has 1 N–H and O–H groups in total. The molecule has 1 saturated carbocycles. The number of hydrogen-bond acceptors (Lipinski definition) is 2. The van der Waals surface area contributed by atoms with Crippen molar-refractivity contribution in [1.82, 2.24) is 0 Å². The van der Waals surface area contributed by atoms with E-state index in [0.29, 0.717) is 11.5 Å². The summed E-state index contributed by atoms with van der Waals surface area (Å²) < 4.78 is 5.47. The van der Waals surface area contributed by atoms with Crippen molar-refractivity contribution in [1.29, 1.82) is 0 Å². The first kappa shape index (κ1) is 14.2. The van der Waals surface area contributed by atoms with Crippen molar-refractivity contribution >= 4 is 5.69 Å². The van der Waals surface area contributed by atoms with E-state index in [9.17, 15) is 0 Å². The third kappa shape index (κ3) is 3.89. The Labute approximate surface area is 117 Å². The molecule has 1 aliphatic rings. The van der Waals surface area contributed by atoms with Gasteiger partial charge in [0.25, 0.3) is 0 Å². The van der Waals surface area contributed by atoms with Gasteiger partial charge in [0.15, 0.2) is 0 Å². The Kier molecular flexibility index (Phi) is 4.38. The molecule has 0 amide bonds. The van der Waals surface area contributed by atoms with E-state index in [1.54, 1.807) is 0 Å². The molecular formula is C17H27NO. The first-order chi connectivity index (χ1) is 9.00. The van der Waals surface area contributed by atoms with Gasteiger partial charge in [-0.15, -0.1) is 0 Å². The van der Waals surface area contributed by atoms with E-state index in [0.717, 1.165) is 18.3 Å². The number of benzene rings is 1. The fourth-order valence-electron chi connectivity index (χ4n) is 3.19. The Morgan fingerprint density at radius 2 is 1.95 bits per heavy atom. The Morgan fingerprint density at radius 3 is 2.53 bits per heavy atom. The molecule has 0 saturated heterocycles. The lowest BCUT2D eigenvalue weighted by Gasteiger charge is -2.40. The molecule has 0 aliphatic heterocycles. The van der Waals surface area contributed by atoms with E-state index < -0.39 is 0 Å². The predicted molar refractivity (Wildman–Crippen MR) is 81.8 cm³/mol. The quantitative estimate of drug-likeness (QED) is 0.847. The van der Waals surface area contributed by atoms with Crippen molar-refractivity contribution in [3.8, 4) is 5.75 Å². The summed E-state index contributed by atoms with van der Waals surface area (Å²) in [5, 5.41) is 3.68. The van der Waals surface area contributed by atoms with Gasteiger partial charge in [-0.1, -0.05) is 20.8 Å². The van der Waals surface area contributed by atoms with Crippen LogP contribution in [0.15, 0.2) is 24.3 Å². The van der Waals surface area contributed by atoms with Crippen LogP contribution in [0.4, 0.5) is 5.69 Å². The third-order valence-electron chi connectivity index (χ3n) is 4.21. The maximum atomic E-state index is 5.47. The van der Waals surface area contributed by atoms with E-state index in [1.807, 2.05) is 19.1 Å². The van der Waals surface area contributed by atoms with Gasteiger partial charge < -0.3 is 10.1 Å². The minimum atomic E-state index is 0.510. The standard InChI is InChI=1S/C17H27NO/c1-5-19-15-8-6-14(7-9-15)18-16-10-11-17(3,4)12-13(16)2/h6-9,13,16,18H,5,10-12H2,1-4H3. The summed E-state index contributed by atoms with van der Waals surface area (Å²) >= 11 is 0. The summed E-state index contributed by atoms with van der Waals surface area (Å²) in [6, 6.07) is 8.94. The lowest BCUT2D eigenvalue weighted by Crippen LogP contribution is -2.36. The Balaban J connectivity index is 1.94. The predicted octanol–water partition coefficient (Wildman–Crippen LogP) is 4.71. The molecule has 1 fully saturated rings. The smallest absolute Gasteiger partial charge is 0.119 e. The fourth-order valence-corrected chi connectivity index (χ4v) is 3.19. The highest BCUT2D eigenvalue weighted by atomic mass is 16.5. The topological polar surface area (TPSA) is 21.3 Å². The van der Waals surface area contributed by atoms with Crippen molar-refractivity contribution in [2.75, 3.05) is 11.9 Å². The second kappa shape index (κ2) is 5.85. The van der Waals surface area contributed by atoms with Crippen molar-refractivity contribution < 1.29 is 4.74 Å². The molecule has 1 aliphatic carbocycles. The zero-order valence-corrected chi connectivity index (χ0v) is 12.7. The molecule has 1 aromatic rings. The van der Waals surface area contributed by atoms with Gasteiger partial charge in [0.2, 0.25) is 0 Å². The summed E-state index contributed by atoms with van der Waals surface area (Å²) in [4.78, 5) is 0. The molecule has 0 bridgehead atoms. The number of anilines is 1. The number of ether oxygens (including phenoxy) is 1. The first-order valence-corrected chi connectivity index (χ1v) is 7.49. The van der Waals surface area contributed by atoms with Crippen molar-refractivity contribution in [2.45, 2.75) is 53.0 Å². The molecule has 2 unspecified atom stereocenters. The molecule has 2 atom stereocenters. The normalized spacial score (nSPS) is 25.9. The Hall–Kier alpha value is -1.18. The molecule has 0 heterocycles.